The highest BCUT2D eigenvalue weighted by atomic mass is 35.5. The first-order valence-corrected chi connectivity index (χ1v) is 4.43. The highest BCUT2D eigenvalue weighted by molar-refractivity contribution is 6.41. The van der Waals surface area contributed by atoms with E-state index in [-0.39, 0.29) is 11.1 Å². The van der Waals surface area contributed by atoms with Crippen molar-refractivity contribution in [2.24, 2.45) is 5.73 Å². The Morgan fingerprint density at radius 2 is 2.31 bits per heavy atom. The van der Waals surface area contributed by atoms with Crippen molar-refractivity contribution >= 4 is 29.1 Å². The third-order valence-electron chi connectivity index (χ3n) is 1.40. The standard InChI is InChI=1S/C7H9Cl2N3O/c8-4-3-5(12-6(4)9)7(13)11-2-1-10/h3,12H,1-2,10H2,(H,11,13). The molecule has 0 saturated carbocycles. The van der Waals surface area contributed by atoms with Gasteiger partial charge in [0.25, 0.3) is 5.91 Å². The van der Waals surface area contributed by atoms with Crippen LogP contribution in [0.15, 0.2) is 6.07 Å². The molecule has 1 rings (SSSR count). The Bertz CT molecular complexity index is 291. The summed E-state index contributed by atoms with van der Waals surface area (Å²) in [6.07, 6.45) is 0. The van der Waals surface area contributed by atoms with Gasteiger partial charge in [0.1, 0.15) is 10.8 Å². The lowest BCUT2D eigenvalue weighted by molar-refractivity contribution is 0.0950. The number of aromatic nitrogens is 1. The van der Waals surface area contributed by atoms with E-state index in [1.54, 1.807) is 0 Å². The van der Waals surface area contributed by atoms with Crippen LogP contribution in [0.5, 0.6) is 0 Å². The van der Waals surface area contributed by atoms with Crippen LogP contribution < -0.4 is 11.1 Å². The van der Waals surface area contributed by atoms with Crippen LogP contribution in [0.3, 0.4) is 0 Å². The third-order valence-corrected chi connectivity index (χ3v) is 2.09. The predicted octanol–water partition coefficient (Wildman–Crippen LogP) is 1.01. The van der Waals surface area contributed by atoms with E-state index in [0.717, 1.165) is 0 Å². The van der Waals surface area contributed by atoms with Gasteiger partial charge in [-0.1, -0.05) is 23.2 Å². The molecule has 1 aromatic heterocycles. The predicted molar refractivity (Wildman–Crippen MR) is 52.2 cm³/mol. The molecule has 0 aliphatic heterocycles. The highest BCUT2D eigenvalue weighted by Gasteiger charge is 2.10. The van der Waals surface area contributed by atoms with Crippen LogP contribution >= 0.6 is 23.2 Å². The number of halogens is 2. The van der Waals surface area contributed by atoms with Crippen molar-refractivity contribution in [2.45, 2.75) is 0 Å². The minimum atomic E-state index is -0.265. The molecule has 0 radical (unpaired) electrons. The lowest BCUT2D eigenvalue weighted by Gasteiger charge is -1.99. The molecular weight excluding hydrogens is 213 g/mol. The summed E-state index contributed by atoms with van der Waals surface area (Å²) in [4.78, 5) is 13.9. The van der Waals surface area contributed by atoms with Crippen LogP contribution in [0, 0.1) is 0 Å². The van der Waals surface area contributed by atoms with E-state index in [2.05, 4.69) is 10.3 Å². The quantitative estimate of drug-likeness (QED) is 0.714. The molecule has 0 fully saturated rings. The summed E-state index contributed by atoms with van der Waals surface area (Å²) < 4.78 is 0. The van der Waals surface area contributed by atoms with Crippen molar-refractivity contribution in [1.82, 2.24) is 10.3 Å². The average Bonchev–Trinajstić information content (AvgIpc) is 2.43. The Morgan fingerprint density at radius 3 is 2.77 bits per heavy atom. The van der Waals surface area contributed by atoms with Crippen molar-refractivity contribution in [1.29, 1.82) is 0 Å². The molecule has 0 aromatic carbocycles. The summed E-state index contributed by atoms with van der Waals surface area (Å²) in [7, 11) is 0. The monoisotopic (exact) mass is 221 g/mol. The zero-order valence-corrected chi connectivity index (χ0v) is 8.24. The molecule has 1 aromatic rings. The Balaban J connectivity index is 2.66. The number of hydrogen-bond donors (Lipinski definition) is 3. The van der Waals surface area contributed by atoms with Crippen LogP contribution in [0.4, 0.5) is 0 Å². The lowest BCUT2D eigenvalue weighted by Crippen LogP contribution is -2.29. The van der Waals surface area contributed by atoms with Crippen molar-refractivity contribution in [2.75, 3.05) is 13.1 Å². The van der Waals surface area contributed by atoms with Gasteiger partial charge in [-0.2, -0.15) is 0 Å². The molecule has 1 amide bonds. The molecule has 13 heavy (non-hydrogen) atoms. The van der Waals surface area contributed by atoms with Gasteiger partial charge in [0, 0.05) is 13.1 Å². The number of aromatic amines is 1. The van der Waals surface area contributed by atoms with E-state index in [9.17, 15) is 4.79 Å². The first-order chi connectivity index (χ1) is 6.15. The maximum Gasteiger partial charge on any atom is 0.267 e. The second-order valence-corrected chi connectivity index (χ2v) is 3.17. The molecule has 4 nitrogen and oxygen atoms in total. The number of amides is 1. The summed E-state index contributed by atoms with van der Waals surface area (Å²) in [6.45, 7) is 0.820. The summed E-state index contributed by atoms with van der Waals surface area (Å²) in [5.74, 6) is -0.265. The van der Waals surface area contributed by atoms with Crippen molar-refractivity contribution in [3.63, 3.8) is 0 Å². The largest absolute Gasteiger partial charge is 0.350 e. The Kier molecular flexibility index (Phi) is 3.59. The van der Waals surface area contributed by atoms with E-state index < -0.39 is 0 Å². The maximum atomic E-state index is 11.3. The molecule has 4 N–H and O–H groups in total. The van der Waals surface area contributed by atoms with E-state index in [1.165, 1.54) is 6.07 Å². The van der Waals surface area contributed by atoms with Gasteiger partial charge in [-0.3, -0.25) is 4.79 Å². The second kappa shape index (κ2) is 4.50. The summed E-state index contributed by atoms with van der Waals surface area (Å²) in [5.41, 5.74) is 5.55. The number of rotatable bonds is 3. The van der Waals surface area contributed by atoms with Gasteiger partial charge in [0.05, 0.1) is 5.02 Å². The normalized spacial score (nSPS) is 10.1. The summed E-state index contributed by atoms with van der Waals surface area (Å²) in [6, 6.07) is 1.47. The van der Waals surface area contributed by atoms with Crippen LogP contribution in [-0.4, -0.2) is 24.0 Å². The van der Waals surface area contributed by atoms with Gasteiger partial charge >= 0.3 is 0 Å². The number of nitrogens with two attached hydrogens (primary N) is 1. The first-order valence-electron chi connectivity index (χ1n) is 3.67. The smallest absolute Gasteiger partial charge is 0.267 e. The van der Waals surface area contributed by atoms with Crippen molar-refractivity contribution < 1.29 is 4.79 Å². The molecule has 72 valence electrons. The van der Waals surface area contributed by atoms with Crippen LogP contribution in [0.25, 0.3) is 0 Å². The highest BCUT2D eigenvalue weighted by Crippen LogP contribution is 2.21. The van der Waals surface area contributed by atoms with E-state index >= 15 is 0 Å². The fourth-order valence-corrected chi connectivity index (χ4v) is 1.12. The molecule has 0 aliphatic rings. The Labute approximate surface area is 85.4 Å². The lowest BCUT2D eigenvalue weighted by atomic mass is 10.4. The summed E-state index contributed by atoms with van der Waals surface area (Å²) in [5, 5.41) is 3.17. The Hall–Kier alpha value is -0.710. The third kappa shape index (κ3) is 2.62. The number of H-pyrrole nitrogens is 1. The topological polar surface area (TPSA) is 70.9 Å². The molecule has 0 saturated heterocycles. The molecular formula is C7H9Cl2N3O. The van der Waals surface area contributed by atoms with Gasteiger partial charge < -0.3 is 16.0 Å². The van der Waals surface area contributed by atoms with Gasteiger partial charge in [-0.05, 0) is 6.07 Å². The summed E-state index contributed by atoms with van der Waals surface area (Å²) >= 11 is 11.3. The minimum Gasteiger partial charge on any atom is -0.350 e. The number of carbonyl (C=O) groups excluding carboxylic acids is 1. The molecule has 0 spiro atoms. The van der Waals surface area contributed by atoms with Crippen LogP contribution in [0.2, 0.25) is 10.2 Å². The number of nitrogens with one attached hydrogen (secondary N) is 2. The fourth-order valence-electron chi connectivity index (χ4n) is 0.807. The van der Waals surface area contributed by atoms with Crippen molar-refractivity contribution in [3.8, 4) is 0 Å². The zero-order chi connectivity index (χ0) is 9.84. The van der Waals surface area contributed by atoms with E-state index in [1.807, 2.05) is 0 Å². The van der Waals surface area contributed by atoms with E-state index in [4.69, 9.17) is 28.9 Å². The second-order valence-electron chi connectivity index (χ2n) is 2.39. The molecule has 1 heterocycles. The number of carbonyl (C=O) groups is 1. The molecule has 0 atom stereocenters. The molecule has 6 heteroatoms. The molecule has 0 aliphatic carbocycles. The Morgan fingerprint density at radius 1 is 1.62 bits per heavy atom. The molecule has 0 unspecified atom stereocenters. The zero-order valence-electron chi connectivity index (χ0n) is 6.73. The van der Waals surface area contributed by atoms with Gasteiger partial charge in [0.15, 0.2) is 0 Å². The number of hydrogen-bond acceptors (Lipinski definition) is 2. The minimum absolute atomic E-state index is 0.263. The van der Waals surface area contributed by atoms with Crippen LogP contribution in [-0.2, 0) is 0 Å². The molecule has 0 bridgehead atoms. The maximum absolute atomic E-state index is 11.3. The van der Waals surface area contributed by atoms with Crippen LogP contribution in [0.1, 0.15) is 10.5 Å². The first kappa shape index (κ1) is 10.4. The van der Waals surface area contributed by atoms with Gasteiger partial charge in [0.2, 0.25) is 0 Å². The van der Waals surface area contributed by atoms with E-state index in [0.29, 0.717) is 23.8 Å². The fraction of sp³-hybridized carbons (Fsp3) is 0.286. The SMILES string of the molecule is NCCNC(=O)c1cc(Cl)c(Cl)[nH]1. The average molecular weight is 222 g/mol. The van der Waals surface area contributed by atoms with Gasteiger partial charge in [-0.25, -0.2) is 0 Å². The van der Waals surface area contributed by atoms with Crippen molar-refractivity contribution in [3.05, 3.63) is 21.9 Å². The van der Waals surface area contributed by atoms with Gasteiger partial charge in [-0.15, -0.1) is 0 Å².